The fourth-order valence-corrected chi connectivity index (χ4v) is 2.66. The second-order valence-electron chi connectivity index (χ2n) is 5.62. The van der Waals surface area contributed by atoms with E-state index in [2.05, 4.69) is 18.7 Å². The number of nitrogens with zero attached hydrogens (tertiary/aromatic N) is 1. The van der Waals surface area contributed by atoms with E-state index in [1.165, 1.54) is 5.56 Å². The third-order valence-corrected chi connectivity index (χ3v) is 3.71. The molecular weight excluding hydrogens is 238 g/mol. The van der Waals surface area contributed by atoms with Crippen molar-refractivity contribution in [3.8, 4) is 0 Å². The van der Waals surface area contributed by atoms with E-state index in [1.807, 2.05) is 38.1 Å². The predicted octanol–water partition coefficient (Wildman–Crippen LogP) is 2.68. The quantitative estimate of drug-likeness (QED) is 0.783. The Hall–Kier alpha value is -1.19. The van der Waals surface area contributed by atoms with Gasteiger partial charge in [-0.15, -0.1) is 0 Å². The summed E-state index contributed by atoms with van der Waals surface area (Å²) >= 11 is 0. The highest BCUT2D eigenvalue weighted by Gasteiger charge is 2.29. The molecule has 3 unspecified atom stereocenters. The molecule has 0 aromatic heterocycles. The highest BCUT2D eigenvalue weighted by atomic mass is 16.5. The first-order chi connectivity index (χ1) is 8.97. The van der Waals surface area contributed by atoms with Crippen molar-refractivity contribution in [1.29, 1.82) is 0 Å². The van der Waals surface area contributed by atoms with Crippen LogP contribution in [0.25, 0.3) is 0 Å². The van der Waals surface area contributed by atoms with Crippen LogP contribution in [-0.4, -0.2) is 42.0 Å². The molecule has 3 nitrogen and oxygen atoms in total. The molecule has 1 saturated heterocycles. The van der Waals surface area contributed by atoms with Gasteiger partial charge < -0.3 is 4.74 Å². The minimum atomic E-state index is -0.0866. The predicted molar refractivity (Wildman–Crippen MR) is 76.6 cm³/mol. The molecule has 0 spiro atoms. The summed E-state index contributed by atoms with van der Waals surface area (Å²) in [6.45, 7) is 9.79. The fraction of sp³-hybridized carbons (Fsp3) is 0.562. The zero-order valence-electron chi connectivity index (χ0n) is 12.2. The van der Waals surface area contributed by atoms with Crippen molar-refractivity contribution in [2.24, 2.45) is 0 Å². The standard InChI is InChI=1S/C16H23NO2/c1-11-5-7-15(8-6-11)16(18)14(4)17-9-12(2)19-13(3)10-17/h5-8,12-14H,9-10H2,1-4H3. The van der Waals surface area contributed by atoms with Gasteiger partial charge >= 0.3 is 0 Å². The van der Waals surface area contributed by atoms with Gasteiger partial charge in [0.1, 0.15) is 0 Å². The summed E-state index contributed by atoms with van der Waals surface area (Å²) in [5, 5.41) is 0. The number of ether oxygens (including phenoxy) is 1. The van der Waals surface area contributed by atoms with Crippen LogP contribution in [0.4, 0.5) is 0 Å². The first kappa shape index (κ1) is 14.2. The van der Waals surface area contributed by atoms with Crippen LogP contribution in [0.3, 0.4) is 0 Å². The maximum Gasteiger partial charge on any atom is 0.179 e. The first-order valence-electron chi connectivity index (χ1n) is 6.97. The summed E-state index contributed by atoms with van der Waals surface area (Å²) < 4.78 is 5.71. The molecule has 0 saturated carbocycles. The van der Waals surface area contributed by atoms with Crippen molar-refractivity contribution >= 4 is 5.78 Å². The van der Waals surface area contributed by atoms with Crippen molar-refractivity contribution in [2.45, 2.75) is 45.9 Å². The zero-order chi connectivity index (χ0) is 14.0. The van der Waals surface area contributed by atoms with Gasteiger partial charge in [-0.1, -0.05) is 29.8 Å². The Labute approximate surface area is 115 Å². The van der Waals surface area contributed by atoms with Crippen LogP contribution in [0.1, 0.15) is 36.7 Å². The molecule has 0 radical (unpaired) electrons. The Morgan fingerprint density at radius 1 is 1.21 bits per heavy atom. The van der Waals surface area contributed by atoms with E-state index in [1.54, 1.807) is 0 Å². The van der Waals surface area contributed by atoms with Crippen LogP contribution < -0.4 is 0 Å². The van der Waals surface area contributed by atoms with E-state index < -0.39 is 0 Å². The number of carbonyl (C=O) groups is 1. The highest BCUT2D eigenvalue weighted by molar-refractivity contribution is 5.99. The fourth-order valence-electron chi connectivity index (χ4n) is 2.66. The molecule has 0 N–H and O–H groups in total. The SMILES string of the molecule is Cc1ccc(C(=O)C(C)N2CC(C)OC(C)C2)cc1. The summed E-state index contributed by atoms with van der Waals surface area (Å²) in [6.07, 6.45) is 0.383. The van der Waals surface area contributed by atoms with Crippen molar-refractivity contribution in [3.63, 3.8) is 0 Å². The van der Waals surface area contributed by atoms with E-state index in [0.29, 0.717) is 0 Å². The van der Waals surface area contributed by atoms with Crippen molar-refractivity contribution < 1.29 is 9.53 Å². The largest absolute Gasteiger partial charge is 0.373 e. The molecule has 19 heavy (non-hydrogen) atoms. The smallest absolute Gasteiger partial charge is 0.179 e. The number of carbonyl (C=O) groups excluding carboxylic acids is 1. The van der Waals surface area contributed by atoms with E-state index in [-0.39, 0.29) is 24.0 Å². The maximum absolute atomic E-state index is 12.5. The molecular formula is C16H23NO2. The second-order valence-corrected chi connectivity index (χ2v) is 5.62. The Kier molecular flexibility index (Phi) is 4.38. The Bertz CT molecular complexity index is 431. The lowest BCUT2D eigenvalue weighted by Crippen LogP contribution is -2.51. The van der Waals surface area contributed by atoms with E-state index >= 15 is 0 Å². The summed E-state index contributed by atoms with van der Waals surface area (Å²) in [5.41, 5.74) is 1.97. The van der Waals surface area contributed by atoms with Gasteiger partial charge in [0.2, 0.25) is 0 Å². The van der Waals surface area contributed by atoms with Crippen molar-refractivity contribution in [3.05, 3.63) is 35.4 Å². The van der Waals surface area contributed by atoms with E-state index in [9.17, 15) is 4.79 Å². The molecule has 1 aliphatic rings. The maximum atomic E-state index is 12.5. The van der Waals surface area contributed by atoms with Gasteiger partial charge in [0.05, 0.1) is 18.2 Å². The molecule has 0 amide bonds. The highest BCUT2D eigenvalue weighted by Crippen LogP contribution is 2.16. The lowest BCUT2D eigenvalue weighted by atomic mass is 10.0. The number of benzene rings is 1. The van der Waals surface area contributed by atoms with Gasteiger partial charge in [-0.2, -0.15) is 0 Å². The van der Waals surface area contributed by atoms with Crippen LogP contribution >= 0.6 is 0 Å². The summed E-state index contributed by atoms with van der Waals surface area (Å²) in [7, 11) is 0. The summed E-state index contributed by atoms with van der Waals surface area (Å²) in [5.74, 6) is 0.196. The molecule has 0 bridgehead atoms. The van der Waals surface area contributed by atoms with Crippen LogP contribution in [0.15, 0.2) is 24.3 Å². The van der Waals surface area contributed by atoms with Gasteiger partial charge in [0, 0.05) is 18.7 Å². The van der Waals surface area contributed by atoms with Gasteiger partial charge in [-0.3, -0.25) is 9.69 Å². The van der Waals surface area contributed by atoms with Gasteiger partial charge in [-0.25, -0.2) is 0 Å². The number of hydrogen-bond acceptors (Lipinski definition) is 3. The molecule has 1 aromatic rings. The minimum Gasteiger partial charge on any atom is -0.373 e. The molecule has 2 rings (SSSR count). The molecule has 0 aliphatic carbocycles. The van der Waals surface area contributed by atoms with Crippen LogP contribution in [0.5, 0.6) is 0 Å². The van der Waals surface area contributed by atoms with Crippen molar-refractivity contribution in [2.75, 3.05) is 13.1 Å². The molecule has 1 heterocycles. The average Bonchev–Trinajstić information content (AvgIpc) is 2.37. The third-order valence-electron chi connectivity index (χ3n) is 3.71. The summed E-state index contributed by atoms with van der Waals surface area (Å²) in [6, 6.07) is 7.73. The number of aryl methyl sites for hydroxylation is 1. The monoisotopic (exact) mass is 261 g/mol. The third kappa shape index (κ3) is 3.43. The number of rotatable bonds is 3. The van der Waals surface area contributed by atoms with E-state index in [0.717, 1.165) is 18.7 Å². The lowest BCUT2D eigenvalue weighted by molar-refractivity contribution is -0.0744. The molecule has 1 aliphatic heterocycles. The lowest BCUT2D eigenvalue weighted by Gasteiger charge is -2.38. The zero-order valence-corrected chi connectivity index (χ0v) is 12.2. The number of morpholine rings is 1. The minimum absolute atomic E-state index is 0.0866. The summed E-state index contributed by atoms with van der Waals surface area (Å²) in [4.78, 5) is 14.7. The Morgan fingerprint density at radius 2 is 1.74 bits per heavy atom. The van der Waals surface area contributed by atoms with Gasteiger partial charge in [0.25, 0.3) is 0 Å². The topological polar surface area (TPSA) is 29.5 Å². The normalized spacial score (nSPS) is 26.1. The first-order valence-corrected chi connectivity index (χ1v) is 6.97. The Balaban J connectivity index is 2.08. The molecule has 1 aromatic carbocycles. The molecule has 3 atom stereocenters. The van der Waals surface area contributed by atoms with Crippen LogP contribution in [-0.2, 0) is 4.74 Å². The average molecular weight is 261 g/mol. The van der Waals surface area contributed by atoms with Gasteiger partial charge in [-0.05, 0) is 27.7 Å². The molecule has 1 fully saturated rings. The van der Waals surface area contributed by atoms with Gasteiger partial charge in [0.15, 0.2) is 5.78 Å². The van der Waals surface area contributed by atoms with Crippen LogP contribution in [0, 0.1) is 6.92 Å². The number of ketones is 1. The molecule has 3 heteroatoms. The number of hydrogen-bond donors (Lipinski definition) is 0. The molecule has 104 valence electrons. The Morgan fingerprint density at radius 3 is 2.26 bits per heavy atom. The second kappa shape index (κ2) is 5.85. The van der Waals surface area contributed by atoms with Crippen molar-refractivity contribution in [1.82, 2.24) is 4.90 Å². The number of Topliss-reactive ketones (excluding diaryl/α,β-unsaturated/α-hetero) is 1. The van der Waals surface area contributed by atoms with E-state index in [4.69, 9.17) is 4.74 Å². The van der Waals surface area contributed by atoms with Crippen LogP contribution in [0.2, 0.25) is 0 Å².